The van der Waals surface area contributed by atoms with E-state index in [-0.39, 0.29) is 0 Å². The van der Waals surface area contributed by atoms with Crippen molar-refractivity contribution in [3.05, 3.63) is 96.6 Å². The second-order valence-corrected chi connectivity index (χ2v) is 14.7. The van der Waals surface area contributed by atoms with Crippen molar-refractivity contribution in [3.63, 3.8) is 0 Å². The van der Waals surface area contributed by atoms with Gasteiger partial charge in [0.1, 0.15) is 17.4 Å². The monoisotopic (exact) mass is 598 g/mol. The minimum atomic E-state index is -1.83. The second kappa shape index (κ2) is 13.7. The summed E-state index contributed by atoms with van der Waals surface area (Å²) in [7, 11) is -2.24. The lowest BCUT2D eigenvalue weighted by Crippen LogP contribution is -2.26. The van der Waals surface area contributed by atoms with Crippen LogP contribution in [0.4, 0.5) is 8.78 Å². The fourth-order valence-electron chi connectivity index (χ4n) is 7.11. The molecule has 0 heterocycles. The highest BCUT2D eigenvalue weighted by molar-refractivity contribution is 7.67. The first-order valence-electron chi connectivity index (χ1n) is 15.6. The van der Waals surface area contributed by atoms with Gasteiger partial charge in [0.25, 0.3) is 0 Å². The molecule has 5 aromatic carbocycles. The number of fused-ring (bicyclic) bond motifs is 4. The van der Waals surface area contributed by atoms with E-state index in [0.29, 0.717) is 17.1 Å². The van der Waals surface area contributed by atoms with Crippen LogP contribution in [0.3, 0.4) is 0 Å². The van der Waals surface area contributed by atoms with Crippen molar-refractivity contribution in [2.75, 3.05) is 0 Å². The predicted octanol–water partition coefficient (Wildman–Crippen LogP) is 9.23. The van der Waals surface area contributed by atoms with Crippen molar-refractivity contribution in [1.29, 1.82) is 0 Å². The van der Waals surface area contributed by atoms with Gasteiger partial charge < -0.3 is 14.7 Å². The van der Waals surface area contributed by atoms with Gasteiger partial charge in [-0.15, -0.1) is 0 Å². The van der Waals surface area contributed by atoms with E-state index in [4.69, 9.17) is 14.7 Å². The molecule has 2 saturated carbocycles. The summed E-state index contributed by atoms with van der Waals surface area (Å²) in [6.45, 7) is 0. The van der Waals surface area contributed by atoms with Gasteiger partial charge in [0.05, 0.1) is 0 Å². The Morgan fingerprint density at radius 2 is 1.16 bits per heavy atom. The van der Waals surface area contributed by atoms with Gasteiger partial charge in [0.15, 0.2) is 0 Å². The topological polar surface area (TPSA) is 49.7 Å². The van der Waals surface area contributed by atoms with E-state index in [2.05, 4.69) is 30.3 Å². The van der Waals surface area contributed by atoms with E-state index >= 15 is 0 Å². The Morgan fingerprint density at radius 3 is 1.77 bits per heavy atom. The first-order chi connectivity index (χ1) is 21.0. The Morgan fingerprint density at radius 1 is 0.605 bits per heavy atom. The number of halogens is 2. The minimum Gasteiger partial charge on any atom is -0.511 e. The van der Waals surface area contributed by atoms with Crippen molar-refractivity contribution in [3.8, 4) is 5.75 Å². The average molecular weight is 598 g/mol. The molecule has 0 bridgehead atoms. The summed E-state index contributed by atoms with van der Waals surface area (Å²) in [5.41, 5.74) is 1.39. The van der Waals surface area contributed by atoms with Gasteiger partial charge in [0, 0.05) is 11.5 Å². The van der Waals surface area contributed by atoms with Gasteiger partial charge in [-0.1, -0.05) is 95.0 Å². The van der Waals surface area contributed by atoms with Gasteiger partial charge in [-0.05, 0) is 99.6 Å². The van der Waals surface area contributed by atoms with Crippen molar-refractivity contribution in [2.45, 2.75) is 75.5 Å². The standard InChI is InChI=1S/C18H13BO3.C18H25F2P/c20-19(21)22-17-7-3-6-12-8-9-15-10-13-4-1-2-5-14(13)11-16(15)18(12)17;19-14-11-15(20)13-18(12-14)21(16-7-3-1-4-8-16)17-9-5-2-6-10-17/h1-11,20-21H;11-13,16-17H,1-10H2. The number of hydrogen-bond donors (Lipinski definition) is 2. The summed E-state index contributed by atoms with van der Waals surface area (Å²) in [6.07, 6.45) is 12.9. The minimum absolute atomic E-state index is 0.399. The first-order valence-corrected chi connectivity index (χ1v) is 17.1. The number of rotatable bonds is 5. The molecule has 0 atom stereocenters. The van der Waals surface area contributed by atoms with E-state index in [1.807, 2.05) is 30.3 Å². The molecule has 0 saturated heterocycles. The maximum atomic E-state index is 13.7. The van der Waals surface area contributed by atoms with Crippen molar-refractivity contribution in [1.82, 2.24) is 0 Å². The zero-order valence-corrected chi connectivity index (χ0v) is 25.3. The molecule has 5 aromatic rings. The molecule has 7 rings (SSSR count). The summed E-state index contributed by atoms with van der Waals surface area (Å²) in [5, 5.41) is 25.6. The SMILES string of the molecule is Fc1cc(F)cc(P(C2CCCCC2)C2CCCCC2)c1.OB(O)Oc1cccc2ccc3cc4ccccc4cc3c12. The van der Waals surface area contributed by atoms with Crippen LogP contribution >= 0.6 is 7.92 Å². The van der Waals surface area contributed by atoms with Gasteiger partial charge in [-0.2, -0.15) is 0 Å². The van der Waals surface area contributed by atoms with Crippen LogP contribution in [0.2, 0.25) is 0 Å². The molecule has 3 nitrogen and oxygen atoms in total. The van der Waals surface area contributed by atoms with Crippen LogP contribution in [-0.4, -0.2) is 28.7 Å². The van der Waals surface area contributed by atoms with Crippen LogP contribution in [-0.2, 0) is 0 Å². The van der Waals surface area contributed by atoms with E-state index in [1.165, 1.54) is 69.6 Å². The molecule has 2 N–H and O–H groups in total. The van der Waals surface area contributed by atoms with Crippen molar-refractivity contribution in [2.24, 2.45) is 0 Å². The lowest BCUT2D eigenvalue weighted by molar-refractivity contribution is 0.289. The molecule has 43 heavy (non-hydrogen) atoms. The first kappa shape index (κ1) is 30.0. The molecule has 2 fully saturated rings. The predicted molar refractivity (Wildman–Crippen MR) is 176 cm³/mol. The van der Waals surface area contributed by atoms with Gasteiger partial charge in [-0.3, -0.25) is 0 Å². The lowest BCUT2D eigenvalue weighted by atomic mass is 9.97. The molecule has 2 aliphatic rings. The molecule has 0 spiro atoms. The van der Waals surface area contributed by atoms with E-state index in [1.54, 1.807) is 18.2 Å². The molecule has 0 aromatic heterocycles. The molecule has 0 amide bonds. The Kier molecular flexibility index (Phi) is 9.57. The van der Waals surface area contributed by atoms with E-state index in [0.717, 1.165) is 38.3 Å². The highest BCUT2D eigenvalue weighted by Gasteiger charge is 2.32. The Hall–Kier alpha value is -3.05. The third-order valence-electron chi connectivity index (χ3n) is 9.00. The third kappa shape index (κ3) is 7.04. The molecule has 0 radical (unpaired) electrons. The molecule has 0 unspecified atom stereocenters. The summed E-state index contributed by atoms with van der Waals surface area (Å²) >= 11 is 0. The highest BCUT2D eigenvalue weighted by Crippen LogP contribution is 2.55. The summed E-state index contributed by atoms with van der Waals surface area (Å²) in [4.78, 5) is 0. The molecule has 222 valence electrons. The van der Waals surface area contributed by atoms with Gasteiger partial charge >= 0.3 is 7.32 Å². The summed E-state index contributed by atoms with van der Waals surface area (Å²) in [6, 6.07) is 26.3. The van der Waals surface area contributed by atoms with Crippen LogP contribution in [0.25, 0.3) is 32.3 Å². The lowest BCUT2D eigenvalue weighted by Gasteiger charge is -2.38. The average Bonchev–Trinajstić information content (AvgIpc) is 3.01. The Labute approximate surface area is 253 Å². The van der Waals surface area contributed by atoms with E-state index in [9.17, 15) is 8.78 Å². The third-order valence-corrected chi connectivity index (χ3v) is 12.5. The van der Waals surface area contributed by atoms with Crippen molar-refractivity contribution >= 4 is 52.9 Å². The Balaban J connectivity index is 0.000000153. The van der Waals surface area contributed by atoms with Crippen molar-refractivity contribution < 1.29 is 23.5 Å². The molecule has 0 aliphatic heterocycles. The number of benzene rings is 5. The molecular formula is C36H38BF2O3P. The molecule has 2 aliphatic carbocycles. The van der Waals surface area contributed by atoms with Gasteiger partial charge in [-0.25, -0.2) is 8.78 Å². The van der Waals surface area contributed by atoms with Crippen LogP contribution in [0.15, 0.2) is 84.9 Å². The normalized spacial score (nSPS) is 16.4. The van der Waals surface area contributed by atoms with Crippen LogP contribution in [0, 0.1) is 11.6 Å². The highest BCUT2D eigenvalue weighted by atomic mass is 31.1. The smallest absolute Gasteiger partial charge is 0.511 e. The zero-order valence-electron chi connectivity index (χ0n) is 24.4. The Bertz CT molecular complexity index is 1660. The van der Waals surface area contributed by atoms with Crippen LogP contribution in [0.5, 0.6) is 5.75 Å². The largest absolute Gasteiger partial charge is 0.707 e. The van der Waals surface area contributed by atoms with Crippen LogP contribution < -0.4 is 9.96 Å². The fraction of sp³-hybridized carbons (Fsp3) is 0.333. The van der Waals surface area contributed by atoms with Gasteiger partial charge in [0.2, 0.25) is 0 Å². The quantitative estimate of drug-likeness (QED) is 0.0918. The second-order valence-electron chi connectivity index (χ2n) is 11.9. The van der Waals surface area contributed by atoms with E-state index < -0.39 is 26.9 Å². The van der Waals surface area contributed by atoms with Crippen LogP contribution in [0.1, 0.15) is 64.2 Å². The summed E-state index contributed by atoms with van der Waals surface area (Å²) < 4.78 is 32.5. The zero-order chi connectivity index (χ0) is 29.8. The summed E-state index contributed by atoms with van der Waals surface area (Å²) in [5.74, 6) is -0.332. The molecular weight excluding hydrogens is 560 g/mol. The maximum absolute atomic E-state index is 13.7. The molecule has 7 heteroatoms. The fourth-order valence-corrected chi connectivity index (χ4v) is 10.9. The number of hydrogen-bond acceptors (Lipinski definition) is 3. The maximum Gasteiger partial charge on any atom is 0.707 e.